The highest BCUT2D eigenvalue weighted by molar-refractivity contribution is 5.52. The van der Waals surface area contributed by atoms with Crippen molar-refractivity contribution in [1.82, 2.24) is 0 Å². The van der Waals surface area contributed by atoms with E-state index in [0.717, 1.165) is 16.9 Å². The highest BCUT2D eigenvalue weighted by atomic mass is 16.5. The molecule has 74 valence electrons. The first kappa shape index (κ1) is 10.7. The molecule has 0 N–H and O–H groups in total. The second-order valence-electron chi connectivity index (χ2n) is 4.28. The molecule has 0 spiro atoms. The maximum Gasteiger partial charge on any atom is 0.138 e. The molecule has 0 saturated carbocycles. The van der Waals surface area contributed by atoms with Crippen LogP contribution in [0.4, 0.5) is 0 Å². The number of para-hydroxylation sites is 1. The number of terminal acetylenes is 1. The summed E-state index contributed by atoms with van der Waals surface area (Å²) in [5.41, 5.74) is 2.02. The highest BCUT2D eigenvalue weighted by Gasteiger charge is 2.19. The summed E-state index contributed by atoms with van der Waals surface area (Å²) in [6, 6.07) is 5.92. The molecule has 1 nitrogen and oxygen atoms in total. The monoisotopic (exact) mass is 188 g/mol. The molecule has 0 amide bonds. The normalized spacial score (nSPS) is 10.8. The van der Waals surface area contributed by atoms with E-state index in [-0.39, 0.29) is 5.41 Å². The molecule has 0 aliphatic rings. The highest BCUT2D eigenvalue weighted by Crippen LogP contribution is 2.33. The third-order valence-corrected chi connectivity index (χ3v) is 2.18. The third kappa shape index (κ3) is 1.90. The van der Waals surface area contributed by atoms with Gasteiger partial charge in [-0.1, -0.05) is 38.8 Å². The van der Waals surface area contributed by atoms with Gasteiger partial charge in [0.25, 0.3) is 0 Å². The van der Waals surface area contributed by atoms with E-state index in [2.05, 4.69) is 32.8 Å². The Morgan fingerprint density at radius 2 is 1.93 bits per heavy atom. The molecule has 1 rings (SSSR count). The Labute approximate surface area is 86.1 Å². The third-order valence-electron chi connectivity index (χ3n) is 2.18. The van der Waals surface area contributed by atoms with Gasteiger partial charge in [-0.2, -0.15) is 0 Å². The minimum Gasteiger partial charge on any atom is -0.495 e. The van der Waals surface area contributed by atoms with Crippen molar-refractivity contribution in [2.24, 2.45) is 0 Å². The molecule has 1 heteroatoms. The fraction of sp³-hybridized carbons (Fsp3) is 0.385. The van der Waals surface area contributed by atoms with Crippen molar-refractivity contribution >= 4 is 0 Å². The van der Waals surface area contributed by atoms with Gasteiger partial charge in [0.15, 0.2) is 0 Å². The predicted molar refractivity (Wildman–Crippen MR) is 59.6 cm³/mol. The van der Waals surface area contributed by atoms with Crippen molar-refractivity contribution in [3.63, 3.8) is 0 Å². The summed E-state index contributed by atoms with van der Waals surface area (Å²) in [5.74, 6) is 3.46. The lowest BCUT2D eigenvalue weighted by atomic mass is 9.85. The van der Waals surface area contributed by atoms with E-state index in [0.29, 0.717) is 0 Å². The molecule has 0 saturated heterocycles. The van der Waals surface area contributed by atoms with Crippen LogP contribution in [0.3, 0.4) is 0 Å². The fourth-order valence-electron chi connectivity index (χ4n) is 1.46. The molecular formula is C13H16O. The van der Waals surface area contributed by atoms with Gasteiger partial charge in [0.2, 0.25) is 0 Å². The molecule has 1 aromatic rings. The van der Waals surface area contributed by atoms with Crippen LogP contribution in [-0.2, 0) is 5.41 Å². The number of rotatable bonds is 1. The average molecular weight is 188 g/mol. The first-order chi connectivity index (χ1) is 6.50. The molecule has 14 heavy (non-hydrogen) atoms. The first-order valence-electron chi connectivity index (χ1n) is 4.65. The van der Waals surface area contributed by atoms with Crippen LogP contribution >= 0.6 is 0 Å². The quantitative estimate of drug-likeness (QED) is 0.616. The van der Waals surface area contributed by atoms with E-state index in [1.54, 1.807) is 7.11 Å². The standard InChI is InChI=1S/C13H16O/c1-6-10-8-7-9-11(12(10)14-5)13(2,3)4/h1,7-9H,2-5H3. The van der Waals surface area contributed by atoms with Crippen molar-refractivity contribution in [3.8, 4) is 18.1 Å². The number of methoxy groups -OCH3 is 1. The van der Waals surface area contributed by atoms with E-state index < -0.39 is 0 Å². The van der Waals surface area contributed by atoms with Gasteiger partial charge < -0.3 is 4.74 Å². The van der Waals surface area contributed by atoms with Gasteiger partial charge in [-0.3, -0.25) is 0 Å². The van der Waals surface area contributed by atoms with Crippen LogP contribution in [0.1, 0.15) is 31.9 Å². The molecule has 0 fully saturated rings. The van der Waals surface area contributed by atoms with Gasteiger partial charge in [0.1, 0.15) is 5.75 Å². The van der Waals surface area contributed by atoms with E-state index in [4.69, 9.17) is 11.2 Å². The topological polar surface area (TPSA) is 9.23 Å². The number of benzene rings is 1. The van der Waals surface area contributed by atoms with Gasteiger partial charge in [0.05, 0.1) is 12.7 Å². The molecule has 0 unspecified atom stereocenters. The minimum absolute atomic E-state index is 0.0538. The molecule has 0 aromatic heterocycles. The number of ether oxygens (including phenoxy) is 1. The lowest BCUT2D eigenvalue weighted by Gasteiger charge is -2.22. The average Bonchev–Trinajstić information content (AvgIpc) is 2.15. The van der Waals surface area contributed by atoms with Crippen LogP contribution in [0.2, 0.25) is 0 Å². The molecule has 0 bridgehead atoms. The molecular weight excluding hydrogens is 172 g/mol. The van der Waals surface area contributed by atoms with Crippen LogP contribution in [0, 0.1) is 12.3 Å². The fourth-order valence-corrected chi connectivity index (χ4v) is 1.46. The summed E-state index contributed by atoms with van der Waals surface area (Å²) in [5, 5.41) is 0. The Hall–Kier alpha value is -1.42. The van der Waals surface area contributed by atoms with Gasteiger partial charge in [-0.05, 0) is 11.5 Å². The van der Waals surface area contributed by atoms with Crippen molar-refractivity contribution in [3.05, 3.63) is 29.3 Å². The van der Waals surface area contributed by atoms with Crippen molar-refractivity contribution in [2.75, 3.05) is 7.11 Å². The largest absolute Gasteiger partial charge is 0.495 e. The summed E-state index contributed by atoms with van der Waals surface area (Å²) < 4.78 is 5.35. The van der Waals surface area contributed by atoms with E-state index in [1.165, 1.54) is 0 Å². The molecule has 0 radical (unpaired) electrons. The smallest absolute Gasteiger partial charge is 0.138 e. The lowest BCUT2D eigenvalue weighted by Crippen LogP contribution is -2.13. The molecule has 0 heterocycles. The summed E-state index contributed by atoms with van der Waals surface area (Å²) in [6.45, 7) is 6.43. The Bertz CT molecular complexity index is 364. The van der Waals surface area contributed by atoms with Crippen molar-refractivity contribution in [2.45, 2.75) is 26.2 Å². The Morgan fingerprint density at radius 3 is 2.36 bits per heavy atom. The Kier molecular flexibility index (Phi) is 2.86. The Morgan fingerprint density at radius 1 is 1.29 bits per heavy atom. The second kappa shape index (κ2) is 3.75. The zero-order valence-corrected chi connectivity index (χ0v) is 9.22. The number of hydrogen-bond acceptors (Lipinski definition) is 1. The van der Waals surface area contributed by atoms with Gasteiger partial charge >= 0.3 is 0 Å². The predicted octanol–water partition coefficient (Wildman–Crippen LogP) is 2.97. The molecule has 0 aliphatic carbocycles. The van der Waals surface area contributed by atoms with Crippen molar-refractivity contribution < 1.29 is 4.74 Å². The second-order valence-corrected chi connectivity index (χ2v) is 4.28. The molecule has 1 aromatic carbocycles. The zero-order valence-electron chi connectivity index (χ0n) is 9.22. The SMILES string of the molecule is C#Cc1cccc(C(C)(C)C)c1OC. The minimum atomic E-state index is 0.0538. The van der Waals surface area contributed by atoms with Crippen molar-refractivity contribution in [1.29, 1.82) is 0 Å². The molecule has 0 aliphatic heterocycles. The maximum atomic E-state index is 5.41. The van der Waals surface area contributed by atoms with Crippen LogP contribution in [-0.4, -0.2) is 7.11 Å². The van der Waals surface area contributed by atoms with E-state index in [1.807, 2.05) is 12.1 Å². The van der Waals surface area contributed by atoms with Crippen LogP contribution in [0.15, 0.2) is 18.2 Å². The van der Waals surface area contributed by atoms with Crippen LogP contribution < -0.4 is 4.74 Å². The van der Waals surface area contributed by atoms with Crippen LogP contribution in [0.5, 0.6) is 5.75 Å². The van der Waals surface area contributed by atoms with E-state index >= 15 is 0 Å². The number of hydrogen-bond donors (Lipinski definition) is 0. The van der Waals surface area contributed by atoms with Crippen LogP contribution in [0.25, 0.3) is 0 Å². The zero-order chi connectivity index (χ0) is 10.8. The summed E-state index contributed by atoms with van der Waals surface area (Å²) >= 11 is 0. The van der Waals surface area contributed by atoms with Gasteiger partial charge in [-0.25, -0.2) is 0 Å². The van der Waals surface area contributed by atoms with E-state index in [9.17, 15) is 0 Å². The Balaban J connectivity index is 3.39. The maximum absolute atomic E-state index is 5.41. The molecule has 0 atom stereocenters. The van der Waals surface area contributed by atoms with Gasteiger partial charge in [-0.15, -0.1) is 6.42 Å². The summed E-state index contributed by atoms with van der Waals surface area (Å²) in [7, 11) is 1.66. The summed E-state index contributed by atoms with van der Waals surface area (Å²) in [6.07, 6.45) is 5.41. The van der Waals surface area contributed by atoms with Gasteiger partial charge in [0, 0.05) is 5.56 Å². The lowest BCUT2D eigenvalue weighted by molar-refractivity contribution is 0.396. The summed E-state index contributed by atoms with van der Waals surface area (Å²) in [4.78, 5) is 0. The first-order valence-corrected chi connectivity index (χ1v) is 4.65.